The number of likely N-dealkylation sites (tertiary alicyclic amines) is 1. The summed E-state index contributed by atoms with van der Waals surface area (Å²) < 4.78 is 7.54. The second-order valence-corrected chi connectivity index (χ2v) is 12.4. The number of anilines is 1. The second-order valence-electron chi connectivity index (χ2n) is 11.0. The largest absolute Gasteiger partial charge is 0.376 e. The van der Waals surface area contributed by atoms with Crippen molar-refractivity contribution in [2.45, 2.75) is 67.3 Å². The molecule has 5 heterocycles. The van der Waals surface area contributed by atoms with Gasteiger partial charge in [0.1, 0.15) is 10.8 Å². The van der Waals surface area contributed by atoms with E-state index in [0.717, 1.165) is 67.7 Å². The maximum absolute atomic E-state index is 13.4. The zero-order valence-electron chi connectivity index (χ0n) is 21.8. The standard InChI is InChI=1S/C27H34ClN7O2S/c1-17-25(29)27(15-37-17)7-10-34(11-8-27)21-12-31-22(13-30-21)38-20-6-5-19-23(24(20)28)26(36)35(16-32-19)14-18-4-3-9-33(18)2/h5-6,12-13,16-18,25H,3-4,7-11,14-15,29H2,1-2H3/t17-,18?,25+/m0/s1. The van der Waals surface area contributed by atoms with Crippen LogP contribution < -0.4 is 16.2 Å². The van der Waals surface area contributed by atoms with Crippen LogP contribution >= 0.6 is 23.4 Å². The van der Waals surface area contributed by atoms with Gasteiger partial charge < -0.3 is 20.3 Å². The summed E-state index contributed by atoms with van der Waals surface area (Å²) in [4.78, 5) is 32.5. The monoisotopic (exact) mass is 555 g/mol. The maximum atomic E-state index is 13.4. The summed E-state index contributed by atoms with van der Waals surface area (Å²) in [6.07, 6.45) is 9.56. The Hall–Kier alpha value is -2.24. The molecule has 2 N–H and O–H groups in total. The van der Waals surface area contributed by atoms with Gasteiger partial charge in [0.05, 0.1) is 47.4 Å². The van der Waals surface area contributed by atoms with Gasteiger partial charge in [-0.15, -0.1) is 0 Å². The molecule has 3 aliphatic heterocycles. The Kier molecular flexibility index (Phi) is 7.11. The lowest BCUT2D eigenvalue weighted by Gasteiger charge is -2.41. The van der Waals surface area contributed by atoms with E-state index in [1.807, 2.05) is 18.3 Å². The summed E-state index contributed by atoms with van der Waals surface area (Å²) in [6.45, 7) is 6.26. The van der Waals surface area contributed by atoms with E-state index in [2.05, 4.69) is 38.7 Å². The first kappa shape index (κ1) is 26.0. The molecule has 3 saturated heterocycles. The highest BCUT2D eigenvalue weighted by Crippen LogP contribution is 2.42. The van der Waals surface area contributed by atoms with Gasteiger partial charge in [0.25, 0.3) is 5.56 Å². The van der Waals surface area contributed by atoms with Crippen molar-refractivity contribution in [2.24, 2.45) is 11.1 Å². The third-order valence-corrected chi connectivity index (χ3v) is 10.2. The molecule has 6 rings (SSSR count). The Morgan fingerprint density at radius 1 is 1.18 bits per heavy atom. The molecule has 1 spiro atoms. The fourth-order valence-electron chi connectivity index (χ4n) is 6.12. The highest BCUT2D eigenvalue weighted by molar-refractivity contribution is 7.99. The Morgan fingerprint density at radius 2 is 2.00 bits per heavy atom. The van der Waals surface area contributed by atoms with Crippen LogP contribution in [0.1, 0.15) is 32.6 Å². The van der Waals surface area contributed by atoms with Gasteiger partial charge in [-0.05, 0) is 58.3 Å². The van der Waals surface area contributed by atoms with Crippen LogP contribution in [-0.4, -0.2) is 75.9 Å². The van der Waals surface area contributed by atoms with Gasteiger partial charge in [-0.3, -0.25) is 9.36 Å². The van der Waals surface area contributed by atoms with Crippen molar-refractivity contribution in [2.75, 3.05) is 38.2 Å². The Morgan fingerprint density at radius 3 is 2.66 bits per heavy atom. The van der Waals surface area contributed by atoms with Gasteiger partial charge in [-0.2, -0.15) is 0 Å². The third-order valence-electron chi connectivity index (χ3n) is 8.73. The molecule has 3 fully saturated rings. The lowest BCUT2D eigenvalue weighted by Crippen LogP contribution is -2.50. The van der Waals surface area contributed by atoms with E-state index in [1.165, 1.54) is 11.8 Å². The molecule has 0 aliphatic carbocycles. The maximum Gasteiger partial charge on any atom is 0.262 e. The summed E-state index contributed by atoms with van der Waals surface area (Å²) in [5, 5.41) is 1.59. The number of piperidine rings is 1. The number of halogens is 1. The SMILES string of the molecule is C[C@@H]1OCC2(CCN(c3cnc(Sc4ccc5ncn(CC6CCCN6C)c(=O)c5c4Cl)cn3)CC2)[C@@H]1N. The summed E-state index contributed by atoms with van der Waals surface area (Å²) >= 11 is 8.19. The molecule has 3 aliphatic rings. The number of fused-ring (bicyclic) bond motifs is 1. The van der Waals surface area contributed by atoms with Crippen molar-refractivity contribution in [3.05, 3.63) is 46.2 Å². The molecule has 3 atom stereocenters. The number of nitrogens with two attached hydrogens (primary N) is 1. The molecule has 0 bridgehead atoms. The molecule has 0 radical (unpaired) electrons. The highest BCUT2D eigenvalue weighted by Gasteiger charge is 2.47. The Bertz CT molecular complexity index is 1380. The average Bonchev–Trinajstić information content (AvgIpc) is 3.46. The van der Waals surface area contributed by atoms with Gasteiger partial charge in [0, 0.05) is 42.0 Å². The number of likely N-dealkylation sites (N-methyl/N-ethyl adjacent to an activating group) is 1. The number of benzene rings is 1. The molecule has 0 amide bonds. The molecule has 2 aromatic heterocycles. The zero-order valence-corrected chi connectivity index (χ0v) is 23.4. The lowest BCUT2D eigenvalue weighted by atomic mass is 9.73. The number of ether oxygens (including phenoxy) is 1. The molecular formula is C27H34ClN7O2S. The molecule has 202 valence electrons. The summed E-state index contributed by atoms with van der Waals surface area (Å²) in [5.74, 6) is 0.860. The minimum Gasteiger partial charge on any atom is -0.376 e. The molecule has 1 aromatic carbocycles. The zero-order chi connectivity index (χ0) is 26.4. The van der Waals surface area contributed by atoms with Crippen LogP contribution in [0.2, 0.25) is 5.02 Å². The number of aromatic nitrogens is 4. The molecular weight excluding hydrogens is 522 g/mol. The highest BCUT2D eigenvalue weighted by atomic mass is 35.5. The van der Waals surface area contributed by atoms with Crippen molar-refractivity contribution >= 4 is 40.1 Å². The molecule has 1 unspecified atom stereocenters. The van der Waals surface area contributed by atoms with Crippen LogP contribution in [0.5, 0.6) is 0 Å². The van der Waals surface area contributed by atoms with Gasteiger partial charge >= 0.3 is 0 Å². The fraction of sp³-hybridized carbons (Fsp3) is 0.556. The summed E-state index contributed by atoms with van der Waals surface area (Å²) in [5.41, 5.74) is 7.04. The van der Waals surface area contributed by atoms with Crippen LogP contribution in [0.15, 0.2) is 45.6 Å². The first-order valence-corrected chi connectivity index (χ1v) is 14.5. The quantitative estimate of drug-likeness (QED) is 0.507. The van der Waals surface area contributed by atoms with Crippen LogP contribution in [0, 0.1) is 5.41 Å². The van der Waals surface area contributed by atoms with E-state index >= 15 is 0 Å². The van der Waals surface area contributed by atoms with Crippen molar-refractivity contribution in [1.82, 2.24) is 24.4 Å². The lowest BCUT2D eigenvalue weighted by molar-refractivity contribution is 0.0974. The van der Waals surface area contributed by atoms with Crippen LogP contribution in [0.25, 0.3) is 10.9 Å². The minimum atomic E-state index is -0.103. The minimum absolute atomic E-state index is 0.0758. The normalized spacial score (nSPS) is 25.6. The fourth-order valence-corrected chi connectivity index (χ4v) is 7.24. The first-order valence-electron chi connectivity index (χ1n) is 13.3. The molecule has 0 saturated carbocycles. The summed E-state index contributed by atoms with van der Waals surface area (Å²) in [6, 6.07) is 4.17. The molecule has 3 aromatic rings. The molecule has 11 heteroatoms. The van der Waals surface area contributed by atoms with E-state index in [4.69, 9.17) is 22.1 Å². The van der Waals surface area contributed by atoms with Crippen molar-refractivity contribution < 1.29 is 4.74 Å². The van der Waals surface area contributed by atoms with E-state index in [-0.39, 0.29) is 23.1 Å². The van der Waals surface area contributed by atoms with Crippen molar-refractivity contribution in [1.29, 1.82) is 0 Å². The van der Waals surface area contributed by atoms with Gasteiger partial charge in [0.2, 0.25) is 0 Å². The number of hydrogen-bond acceptors (Lipinski definition) is 9. The van der Waals surface area contributed by atoms with E-state index in [1.54, 1.807) is 17.1 Å². The smallest absolute Gasteiger partial charge is 0.262 e. The van der Waals surface area contributed by atoms with Crippen LogP contribution in [0.4, 0.5) is 5.82 Å². The number of hydrogen-bond donors (Lipinski definition) is 1. The van der Waals surface area contributed by atoms with E-state index in [9.17, 15) is 4.79 Å². The second kappa shape index (κ2) is 10.4. The van der Waals surface area contributed by atoms with Crippen LogP contribution in [0.3, 0.4) is 0 Å². The van der Waals surface area contributed by atoms with Crippen molar-refractivity contribution in [3.63, 3.8) is 0 Å². The van der Waals surface area contributed by atoms with E-state index < -0.39 is 0 Å². The Labute approximate surface area is 231 Å². The third kappa shape index (κ3) is 4.70. The molecule has 38 heavy (non-hydrogen) atoms. The first-order chi connectivity index (χ1) is 18.3. The molecule has 9 nitrogen and oxygen atoms in total. The predicted molar refractivity (Wildman–Crippen MR) is 150 cm³/mol. The topological polar surface area (TPSA) is 102 Å². The number of rotatable bonds is 5. The Balaban J connectivity index is 1.17. The van der Waals surface area contributed by atoms with Crippen LogP contribution in [-0.2, 0) is 11.3 Å². The van der Waals surface area contributed by atoms with Gasteiger partial charge in [-0.25, -0.2) is 15.0 Å². The van der Waals surface area contributed by atoms with Gasteiger partial charge in [-0.1, -0.05) is 23.4 Å². The predicted octanol–water partition coefficient (Wildman–Crippen LogP) is 3.42. The van der Waals surface area contributed by atoms with E-state index in [0.29, 0.717) is 28.5 Å². The summed E-state index contributed by atoms with van der Waals surface area (Å²) in [7, 11) is 2.10. The van der Waals surface area contributed by atoms with Crippen molar-refractivity contribution in [3.8, 4) is 0 Å². The number of nitrogens with zero attached hydrogens (tertiary/aromatic N) is 6. The average molecular weight is 556 g/mol. The van der Waals surface area contributed by atoms with Gasteiger partial charge in [0.15, 0.2) is 0 Å².